The summed E-state index contributed by atoms with van der Waals surface area (Å²) < 4.78 is 120. The molecule has 142 heavy (non-hydrogen) atoms. The average molecular weight is 2160 g/mol. The first-order chi connectivity index (χ1) is 63.6. The Kier molecular flexibility index (Phi) is 59.1. The summed E-state index contributed by atoms with van der Waals surface area (Å²) in [5.41, 5.74) is 2.02. The quantitative estimate of drug-likeness (QED) is 0.0188. The Hall–Kier alpha value is -1.79. The predicted molar refractivity (Wildman–Crippen MR) is 554 cm³/mol. The summed E-state index contributed by atoms with van der Waals surface area (Å²) in [6.07, 6.45) is -3.41. The van der Waals surface area contributed by atoms with Gasteiger partial charge in [-0.05, 0) is 215 Å². The maximum absolute atomic E-state index is 12.2. The molecule has 0 aliphatic carbocycles. The molecular weight excluding hydrogens is 1970 g/mol. The van der Waals surface area contributed by atoms with Crippen LogP contribution in [0.4, 0.5) is 0 Å². The van der Waals surface area contributed by atoms with Crippen molar-refractivity contribution in [3.63, 3.8) is 0 Å². The summed E-state index contributed by atoms with van der Waals surface area (Å²) >= 11 is 0. The first-order valence-corrected chi connectivity index (χ1v) is 58.2. The minimum Gasteiger partial charge on any atom is -1.00 e. The largest absolute Gasteiger partial charge is 2.00 e. The van der Waals surface area contributed by atoms with Crippen LogP contribution in [0.3, 0.4) is 0 Å². The molecule has 830 valence electrons. The Bertz CT molecular complexity index is 3610. The number of aliphatic hydroxyl groups excluding tert-OH is 11. The van der Waals surface area contributed by atoms with Crippen molar-refractivity contribution in [3.05, 3.63) is 101 Å². The third kappa shape index (κ3) is 42.6. The molecule has 10 aliphatic heterocycles. The number of fused-ring (bicyclic) bond motifs is 2. The van der Waals surface area contributed by atoms with E-state index >= 15 is 0 Å². The van der Waals surface area contributed by atoms with Crippen molar-refractivity contribution in [1.29, 1.82) is 0 Å². The summed E-state index contributed by atoms with van der Waals surface area (Å²) in [6.45, 7) is 110. The number of carbonyl (C=O) groups is 1. The number of rotatable bonds is 29. The van der Waals surface area contributed by atoms with Gasteiger partial charge in [0.1, 0.15) is 122 Å². The van der Waals surface area contributed by atoms with E-state index in [1.165, 1.54) is 12.2 Å². The van der Waals surface area contributed by atoms with Gasteiger partial charge in [0.25, 0.3) is 0 Å². The Balaban J connectivity index is 0. The number of aliphatic hydroxyl groups is 11. The van der Waals surface area contributed by atoms with Crippen LogP contribution in [-0.4, -0.2) is 354 Å². The molecule has 10 aliphatic rings. The first kappa shape index (κ1) is 142. The number of Topliss-reactive ketones (excluding diaryl/α,β-unsaturated/α-hetero) is 1. The molecule has 15 unspecified atom stereocenters. The Morgan fingerprint density at radius 2 is 0.634 bits per heavy atom. The van der Waals surface area contributed by atoms with Crippen LogP contribution in [0.1, 0.15) is 260 Å². The molecule has 0 aromatic carbocycles. The van der Waals surface area contributed by atoms with Crippen molar-refractivity contribution >= 4 is 53.8 Å². The van der Waals surface area contributed by atoms with Crippen molar-refractivity contribution in [2.75, 3.05) is 20.3 Å². The van der Waals surface area contributed by atoms with Gasteiger partial charge in [0.15, 0.2) is 90.1 Å². The molecule has 0 aromatic heterocycles. The van der Waals surface area contributed by atoms with Gasteiger partial charge < -0.3 is 178 Å². The molecule has 10 fully saturated rings. The van der Waals surface area contributed by atoms with E-state index in [4.69, 9.17) is 119 Å². The average Bonchev–Trinajstić information content (AvgIpc) is 1.62. The molecule has 0 spiro atoms. The number of ketones is 1. The van der Waals surface area contributed by atoms with E-state index in [-0.39, 0.29) is 140 Å². The smallest absolute Gasteiger partial charge is 1.00 e. The van der Waals surface area contributed by atoms with E-state index in [9.17, 15) is 35.4 Å². The van der Waals surface area contributed by atoms with Gasteiger partial charge in [0.2, 0.25) is 0 Å². The van der Waals surface area contributed by atoms with E-state index in [0.717, 1.165) is 30.4 Å². The molecule has 0 radical (unpaired) electrons. The van der Waals surface area contributed by atoms with Gasteiger partial charge in [-0.15, -0.1) is 32.9 Å². The Labute approximate surface area is 883 Å². The Morgan fingerprint density at radius 1 is 0.373 bits per heavy atom. The van der Waals surface area contributed by atoms with Gasteiger partial charge in [0.05, 0.1) is 55.4 Å². The minimum atomic E-state index is -2.00. The monoisotopic (exact) mass is 2160 g/mol. The summed E-state index contributed by atoms with van der Waals surface area (Å²) in [4.78, 5) is 12.2. The van der Waals surface area contributed by atoms with Gasteiger partial charge in [-0.3, -0.25) is 11.4 Å². The molecule has 38 heteroatoms. The zero-order chi connectivity index (χ0) is 110. The van der Waals surface area contributed by atoms with Crippen LogP contribution < -0.4 is 17.0 Å². The fourth-order valence-corrected chi connectivity index (χ4v) is 18.8. The van der Waals surface area contributed by atoms with Crippen LogP contribution in [0, 0.1) is 6.58 Å². The van der Waals surface area contributed by atoms with Gasteiger partial charge in [-0.1, -0.05) is 147 Å². The van der Waals surface area contributed by atoms with Crippen LogP contribution in [0.15, 0.2) is 94.2 Å². The second kappa shape index (κ2) is 59.0. The normalized spacial score (nSPS) is 32.2. The first-order valence-electron chi connectivity index (χ1n) is 49.4. The van der Waals surface area contributed by atoms with Crippen LogP contribution in [-0.2, 0) is 103 Å². The number of ether oxygens (including phenoxy) is 18. The van der Waals surface area contributed by atoms with E-state index in [2.05, 4.69) is 172 Å². The standard InChI is InChI=1S/C18H34O3Si.C17H34O4Si.C17H32O4Si.C12H20O3.C11H20O4.C9H16O4.C8H14O5.C5H10O5.C5H12O.C2H3.BrH.Mg/c1-11-13(3)15-16(20-18(7,8)19-15)14(12-2)21-22(9,10)17(4,5)6;2*1-10-12(18)14-15(20-17(6,7)19-14)13(11-2)21-22(8,9)16(3,4)5;1-6-8(3)10-11(9(13)7-2)15-12(4,5)14-10;1-5-7(12)9-10(8(13)6-2)15-11(3,4)14-9;1-4-5-6-7(8(10)11-5)13-9(2,3)12-6;1-8(2)12-5-4(3-9)11-7(10)6(5)13-8;6-1-2-3(7)4(8)5(9)10-2;1-5(2,3)6-4;1-2;;/h12,14-16H,2-3,11H2,1,4-10H3;11-15,18H,2,10H2,1,3-9H3;11,13-15H,2,10H2,1,3-9H3;7,9-11,13H,2-3,6H2,1,4-5H3;5,7-10,12-13H,1,6H2,2-4H3;5-8,10H,4H2,1-3H3;4-7,9-10H,3H2,1-2H3;2-9H,1H2;1-4H3;1H,2H2;1H;/q;;;;;;;;;-1;;+2/p-1/t14?,15-,16+;12?,13?,14-,15+;13?,14-,15+;9?,10-,11+;7?,8?,9-,10+;5?,6-,7-,8?;4?,5-,6-,7?;;;;;/m1111011...../s1. The molecule has 10 rings (SSSR count). The van der Waals surface area contributed by atoms with Gasteiger partial charge in [-0.25, -0.2) is 0 Å². The van der Waals surface area contributed by atoms with Crippen molar-refractivity contribution < 1.29 is 176 Å². The van der Waals surface area contributed by atoms with E-state index in [1.807, 2.05) is 131 Å². The molecule has 10 heterocycles. The van der Waals surface area contributed by atoms with Crippen molar-refractivity contribution in [2.45, 2.75) is 538 Å². The fourth-order valence-electron chi connectivity index (χ4n) is 15.0. The summed E-state index contributed by atoms with van der Waals surface area (Å²) in [5.74, 6) is -4.80. The summed E-state index contributed by atoms with van der Waals surface area (Å²) in [5, 5.41) is 103. The third-order valence-electron chi connectivity index (χ3n) is 26.2. The number of carbonyl (C=O) groups excluding carboxylic acids is 1. The van der Waals surface area contributed by atoms with Crippen molar-refractivity contribution in [1.82, 2.24) is 0 Å². The van der Waals surface area contributed by atoms with Gasteiger partial charge in [-0.2, -0.15) is 0 Å². The fraction of sp³-hybridized carbons (Fsp3) is 0.837. The third-order valence-corrected chi connectivity index (χ3v) is 39.6. The van der Waals surface area contributed by atoms with Crippen LogP contribution >= 0.6 is 0 Å². The number of hydrogen-bond donors (Lipinski definition) is 11. The summed E-state index contributed by atoms with van der Waals surface area (Å²) in [7, 11) is -4.17. The van der Waals surface area contributed by atoms with Crippen molar-refractivity contribution in [2.24, 2.45) is 0 Å². The molecule has 0 bridgehead atoms. The van der Waals surface area contributed by atoms with Gasteiger partial charge in [0, 0.05) is 13.5 Å². The Morgan fingerprint density at radius 3 is 0.923 bits per heavy atom. The molecule has 29 atom stereocenters. The number of methoxy groups -OCH3 is 1. The molecule has 0 saturated carbocycles. The predicted octanol–water partition coefficient (Wildman–Crippen LogP) is 11.7. The SMILES string of the molecule is C=CC(O)[C@@H]1OC(C)(C)O[C@@H]1C(=C)CC.C=CC(O)[C@@H]1OC(C)(C)O[C@@H]1C(O)CC.C=CC(O[Si](C)(C)C(C)(C)C)[C@@H]1OC(C)(C)O[C@@H]1C(=C)CC.C=CC(O[Si](C)(C)C(C)(C)C)[C@@H]1OC(C)(C)O[C@@H]1C(=O)CC.C=CC(O[Si](C)(C)C(C)(C)C)[C@@H]1OC(C)(C)O[C@@H]1C(O)CC.CC1(C)O[C@@H]2C(CO)OC(O)[C@@H]2O1.CCC1OC(O)[C@@H]2OC(C)(C)O[C@H]12.COC(C)(C)C.OCC1OC(O)C(O)C1O.[Br-].[CH-]=C.[Mg+2]. The van der Waals surface area contributed by atoms with Crippen molar-refractivity contribution in [3.8, 4) is 0 Å². The van der Waals surface area contributed by atoms with Crippen LogP contribution in [0.5, 0.6) is 0 Å². The zero-order valence-electron chi connectivity index (χ0n) is 94.0. The van der Waals surface area contributed by atoms with Crippen LogP contribution in [0.2, 0.25) is 54.4 Å². The van der Waals surface area contributed by atoms with Gasteiger partial charge >= 0.3 is 23.1 Å². The molecule has 33 nitrogen and oxygen atoms in total. The molecule has 0 amide bonds. The summed E-state index contributed by atoms with van der Waals surface area (Å²) in [6, 6.07) is 0. The molecule has 0 aromatic rings. The topological polar surface area (TPSA) is 433 Å². The van der Waals surface area contributed by atoms with E-state index in [0.29, 0.717) is 19.3 Å². The van der Waals surface area contributed by atoms with Crippen LogP contribution in [0.25, 0.3) is 0 Å². The second-order valence-electron chi connectivity index (χ2n) is 45.1. The maximum Gasteiger partial charge on any atom is 2.00 e. The molecular formula is C104H195BrMgO33Si3. The van der Waals surface area contributed by atoms with E-state index in [1.54, 1.807) is 47.0 Å². The molecule has 10 saturated heterocycles. The minimum absolute atomic E-state index is 0. The zero-order valence-corrected chi connectivity index (χ0v) is 100. The number of hydrogen-bond acceptors (Lipinski definition) is 33. The molecule has 11 N–H and O–H groups in total. The maximum atomic E-state index is 12.2. The van der Waals surface area contributed by atoms with E-state index < -0.39 is 182 Å². The number of halogens is 1. The second-order valence-corrected chi connectivity index (χ2v) is 59.3.